The highest BCUT2D eigenvalue weighted by Gasteiger charge is 2.47. The van der Waals surface area contributed by atoms with E-state index in [-0.39, 0.29) is 53.8 Å². The molecule has 2 fully saturated rings. The molecule has 2 aliphatic rings. The van der Waals surface area contributed by atoms with Crippen molar-refractivity contribution < 1.29 is 100 Å². The van der Waals surface area contributed by atoms with Gasteiger partial charge in [0.2, 0.25) is 16.9 Å². The fraction of sp³-hybridized carbons (Fsp3) is 0.706. The topological polar surface area (TPSA) is 434 Å². The summed E-state index contributed by atoms with van der Waals surface area (Å²) < 4.78 is 71.7. The fourth-order valence-electron chi connectivity index (χ4n) is 6.14. The number of nitrogens with zero attached hydrogens (tertiary/aromatic N) is 4. The molecule has 2 aliphatic heterocycles. The van der Waals surface area contributed by atoms with E-state index in [4.69, 9.17) is 19.9 Å². The molecule has 32 heteroatoms. The van der Waals surface area contributed by atoms with Gasteiger partial charge in [0.25, 0.3) is 15.6 Å². The quantitative estimate of drug-likeness (QED) is 0.0276. The molecule has 0 aromatic carbocycles. The predicted molar refractivity (Wildman–Crippen MR) is 218 cm³/mol. The number of hydrogen-bond acceptors (Lipinski definition) is 26. The molecule has 0 bridgehead atoms. The first-order valence-electron chi connectivity index (χ1n) is 20.1. The van der Waals surface area contributed by atoms with Gasteiger partial charge in [0, 0.05) is 43.7 Å². The SMILES string of the molecule is C[C@@H]1O[C@@H](OCCCC/C=C/C(=O)SCCNC(=O)CCNC(=O)[C@H](O)C(C)(C)COP(=O)([O-])OP(=O)([O-])OC[C@H]2O[C@@H](n3cnc4c(N)ncnc43)[C@H](O)[C@@H]2OP(=O)([O-])[O-])[C@H](O)C[C@H]1O. The summed E-state index contributed by atoms with van der Waals surface area (Å²) in [6.07, 6.45) is -5.37. The van der Waals surface area contributed by atoms with Crippen LogP contribution in [0.3, 0.4) is 0 Å². The minimum Gasteiger partial charge on any atom is -0.790 e. The third kappa shape index (κ3) is 17.3. The summed E-state index contributed by atoms with van der Waals surface area (Å²) >= 11 is 0.970. The lowest BCUT2D eigenvalue weighted by molar-refractivity contribution is -0.347. The molecular formula is C34H52N7O21P3S-4. The zero-order valence-corrected chi connectivity index (χ0v) is 39.1. The lowest BCUT2D eigenvalue weighted by atomic mass is 9.87. The molecule has 28 nitrogen and oxygen atoms in total. The van der Waals surface area contributed by atoms with Crippen LogP contribution in [0.5, 0.6) is 0 Å². The molecule has 2 aromatic heterocycles. The highest BCUT2D eigenvalue weighted by atomic mass is 32.2. The van der Waals surface area contributed by atoms with Crippen molar-refractivity contribution in [3.8, 4) is 0 Å². The van der Waals surface area contributed by atoms with E-state index in [1.807, 2.05) is 0 Å². The number of nitrogens with two attached hydrogens (primary N) is 1. The van der Waals surface area contributed by atoms with E-state index in [9.17, 15) is 68.1 Å². The zero-order valence-electron chi connectivity index (χ0n) is 35.6. The second kappa shape index (κ2) is 24.6. The van der Waals surface area contributed by atoms with Crippen molar-refractivity contribution in [2.75, 3.05) is 44.4 Å². The molecule has 2 saturated heterocycles. The number of allylic oxidation sites excluding steroid dienone is 1. The first-order chi connectivity index (χ1) is 30.8. The van der Waals surface area contributed by atoms with Crippen molar-refractivity contribution in [3.63, 3.8) is 0 Å². The molecule has 8 N–H and O–H groups in total. The third-order valence-corrected chi connectivity index (χ3v) is 13.6. The number of nitrogen functional groups attached to an aromatic ring is 1. The van der Waals surface area contributed by atoms with Crippen molar-refractivity contribution >= 4 is 69.1 Å². The average molecular weight is 1020 g/mol. The van der Waals surface area contributed by atoms with Crippen LogP contribution in [0.4, 0.5) is 5.82 Å². The maximum Gasteiger partial charge on any atom is 0.274 e. The van der Waals surface area contributed by atoms with Crippen molar-refractivity contribution in [2.24, 2.45) is 5.41 Å². The number of aromatic nitrogens is 4. The van der Waals surface area contributed by atoms with Crippen LogP contribution < -0.4 is 35.9 Å². The molecular weight excluding hydrogens is 967 g/mol. The van der Waals surface area contributed by atoms with Crippen LogP contribution in [0.2, 0.25) is 0 Å². The van der Waals surface area contributed by atoms with Gasteiger partial charge in [0.1, 0.15) is 42.4 Å². The lowest BCUT2D eigenvalue weighted by Crippen LogP contribution is -2.47. The number of phosphoric ester groups is 3. The standard InChI is InChI=1S/C34H56N7O21P3S/c1-19-20(42)14-21(43)33(59-19)56-12-7-5-4-6-8-24(45)66-13-11-36-23(44)9-10-37-31(48)28(47)34(2,3)16-58-65(54,55)62-64(52,53)57-15-22-27(61-63(49,50)51)26(46)32(60-22)41-18-40-25-29(35)38-17-39-30(25)41/h6,8,17-22,26-28,32-33,42-43,46-47H,4-5,7,9-16H2,1-3H3,(H,36,44)(H,37,48)(H,52,53)(H,54,55)(H2,35,38,39)(H2,49,50,51)/p-4/b8-6+/t19-,20+,21+,22+,26+,27+,28-,32+,33+/m0/s1. The van der Waals surface area contributed by atoms with E-state index in [1.54, 1.807) is 13.0 Å². The summed E-state index contributed by atoms with van der Waals surface area (Å²) in [5.41, 5.74) is 4.03. The second-order valence-corrected chi connectivity index (χ2v) is 20.7. The summed E-state index contributed by atoms with van der Waals surface area (Å²) in [5, 5.41) is 45.7. The Morgan fingerprint density at radius 2 is 1.74 bits per heavy atom. The number of amides is 2. The number of hydrogen-bond donors (Lipinski definition) is 7. The Kier molecular flexibility index (Phi) is 20.8. The Balaban J connectivity index is 1.12. The Morgan fingerprint density at radius 1 is 1.03 bits per heavy atom. The fourth-order valence-corrected chi connectivity index (χ4v) is 9.48. The molecule has 0 spiro atoms. The first-order valence-corrected chi connectivity index (χ1v) is 25.4. The minimum absolute atomic E-state index is 0.0302. The van der Waals surface area contributed by atoms with Gasteiger partial charge in [0.15, 0.2) is 24.0 Å². The van der Waals surface area contributed by atoms with Crippen molar-refractivity contribution in [2.45, 2.75) is 108 Å². The molecule has 2 aromatic rings. The number of thioether (sulfide) groups is 1. The number of carbonyl (C=O) groups is 3. The Labute approximate surface area is 381 Å². The van der Waals surface area contributed by atoms with E-state index in [1.165, 1.54) is 19.9 Å². The summed E-state index contributed by atoms with van der Waals surface area (Å²) in [5.74, 6) is -1.37. The van der Waals surface area contributed by atoms with Crippen LogP contribution in [-0.4, -0.2) is 145 Å². The highest BCUT2D eigenvalue weighted by Crippen LogP contribution is 2.56. The lowest BCUT2D eigenvalue weighted by Gasteiger charge is -2.36. The molecule has 2 amide bonds. The highest BCUT2D eigenvalue weighted by molar-refractivity contribution is 8.14. The molecule has 0 saturated carbocycles. The number of ether oxygens (including phenoxy) is 3. The van der Waals surface area contributed by atoms with Gasteiger partial charge in [0.05, 0.1) is 39.6 Å². The maximum absolute atomic E-state index is 12.6. The average Bonchev–Trinajstić information content (AvgIpc) is 3.78. The number of phosphoric acid groups is 3. The molecule has 4 rings (SSSR count). The number of aliphatic hydroxyl groups excluding tert-OH is 4. The number of unbranched alkanes of at least 4 members (excludes halogenated alkanes) is 2. The van der Waals surface area contributed by atoms with Gasteiger partial charge in [-0.3, -0.25) is 28.1 Å². The van der Waals surface area contributed by atoms with E-state index in [0.717, 1.165) is 29.0 Å². The number of nitrogens with one attached hydrogen (secondary N) is 2. The zero-order chi connectivity index (χ0) is 49.0. The number of fused-ring (bicyclic) bond motifs is 1. The molecule has 374 valence electrons. The number of aliphatic hydroxyl groups is 4. The molecule has 66 heavy (non-hydrogen) atoms. The van der Waals surface area contributed by atoms with E-state index >= 15 is 0 Å². The largest absolute Gasteiger partial charge is 0.790 e. The van der Waals surface area contributed by atoms with Crippen molar-refractivity contribution in [3.05, 3.63) is 24.8 Å². The van der Waals surface area contributed by atoms with Crippen LogP contribution in [0.15, 0.2) is 24.8 Å². The third-order valence-electron chi connectivity index (χ3n) is 9.71. The van der Waals surface area contributed by atoms with E-state index in [0.29, 0.717) is 25.9 Å². The summed E-state index contributed by atoms with van der Waals surface area (Å²) in [7, 11) is -17.7. The van der Waals surface area contributed by atoms with Gasteiger partial charge in [-0.2, -0.15) is 0 Å². The smallest absolute Gasteiger partial charge is 0.274 e. The van der Waals surface area contributed by atoms with E-state index in [2.05, 4.69) is 43.5 Å². The normalized spacial score (nSPS) is 26.2. The van der Waals surface area contributed by atoms with Crippen molar-refractivity contribution in [1.82, 2.24) is 30.2 Å². The number of anilines is 1. The van der Waals surface area contributed by atoms with Crippen LogP contribution >= 0.6 is 35.2 Å². The van der Waals surface area contributed by atoms with Gasteiger partial charge in [-0.15, -0.1) is 0 Å². The molecule has 11 atom stereocenters. The monoisotopic (exact) mass is 1020 g/mol. The molecule has 2 unspecified atom stereocenters. The summed E-state index contributed by atoms with van der Waals surface area (Å²) in [4.78, 5) is 96.6. The predicted octanol–water partition coefficient (Wildman–Crippen LogP) is -3.26. The van der Waals surface area contributed by atoms with Crippen LogP contribution in [0.1, 0.15) is 59.1 Å². The first kappa shape index (κ1) is 55.7. The van der Waals surface area contributed by atoms with Gasteiger partial charge < -0.3 is 88.7 Å². The van der Waals surface area contributed by atoms with Crippen LogP contribution in [0.25, 0.3) is 11.2 Å². The Morgan fingerprint density at radius 3 is 2.45 bits per heavy atom. The van der Waals surface area contributed by atoms with Crippen molar-refractivity contribution in [1.29, 1.82) is 0 Å². The summed E-state index contributed by atoms with van der Waals surface area (Å²) in [6, 6.07) is 0. The van der Waals surface area contributed by atoms with Gasteiger partial charge in [-0.05, 0) is 32.3 Å². The molecule has 0 radical (unpaired) electrons. The second-order valence-electron chi connectivity index (χ2n) is 15.5. The van der Waals surface area contributed by atoms with Gasteiger partial charge in [-0.25, -0.2) is 19.3 Å². The molecule has 4 heterocycles. The van der Waals surface area contributed by atoms with Gasteiger partial charge >= 0.3 is 0 Å². The number of imidazole rings is 1. The van der Waals surface area contributed by atoms with Crippen LogP contribution in [-0.2, 0) is 60.2 Å². The van der Waals surface area contributed by atoms with Gasteiger partial charge in [-0.1, -0.05) is 31.7 Å². The summed E-state index contributed by atoms with van der Waals surface area (Å²) in [6.45, 7) is 1.96. The Bertz CT molecular complexity index is 2130. The number of rotatable bonds is 26. The maximum atomic E-state index is 12.6. The number of carbonyl (C=O) groups excluding carboxylic acids is 3. The minimum atomic E-state index is -5.94. The molecule has 0 aliphatic carbocycles. The Hall–Kier alpha value is -2.86. The van der Waals surface area contributed by atoms with E-state index < -0.39 is 109 Å². The van der Waals surface area contributed by atoms with Crippen LogP contribution in [0, 0.1) is 5.41 Å².